The van der Waals surface area contributed by atoms with Crippen molar-refractivity contribution < 1.29 is 14.6 Å². The molecule has 0 bridgehead atoms. The highest BCUT2D eigenvalue weighted by Crippen LogP contribution is 2.35. The summed E-state index contributed by atoms with van der Waals surface area (Å²) < 4.78 is 7.09. The molecule has 3 aromatic carbocycles. The lowest BCUT2D eigenvalue weighted by atomic mass is 9.99. The Bertz CT molecular complexity index is 1120. The van der Waals surface area contributed by atoms with Gasteiger partial charge in [-0.05, 0) is 36.4 Å². The van der Waals surface area contributed by atoms with Crippen molar-refractivity contribution in [1.29, 1.82) is 0 Å². The van der Waals surface area contributed by atoms with E-state index >= 15 is 0 Å². The van der Waals surface area contributed by atoms with Crippen molar-refractivity contribution in [1.82, 2.24) is 9.78 Å². The number of para-hydroxylation sites is 1. The van der Waals surface area contributed by atoms with Gasteiger partial charge in [0.25, 0.3) is 0 Å². The smallest absolute Gasteiger partial charge is 0.307 e. The Hall–Kier alpha value is -3.86. The fourth-order valence-electron chi connectivity index (χ4n) is 3.40. The highest BCUT2D eigenvalue weighted by Gasteiger charge is 2.23. The molecule has 0 saturated carbocycles. The van der Waals surface area contributed by atoms with E-state index in [1.807, 2.05) is 89.6 Å². The van der Waals surface area contributed by atoms with Crippen LogP contribution in [0.3, 0.4) is 0 Å². The van der Waals surface area contributed by atoms with Gasteiger partial charge in [-0.25, -0.2) is 4.68 Å². The van der Waals surface area contributed by atoms with Crippen molar-refractivity contribution in [2.24, 2.45) is 0 Å². The zero-order chi connectivity index (χ0) is 20.2. The Balaban J connectivity index is 2.01. The second-order valence-corrected chi connectivity index (χ2v) is 6.59. The summed E-state index contributed by atoms with van der Waals surface area (Å²) in [4.78, 5) is 11.7. The van der Waals surface area contributed by atoms with Gasteiger partial charge in [0.1, 0.15) is 5.75 Å². The van der Waals surface area contributed by atoms with E-state index in [4.69, 9.17) is 9.84 Å². The summed E-state index contributed by atoms with van der Waals surface area (Å²) in [7, 11) is 1.62. The Kier molecular flexibility index (Phi) is 5.12. The first-order valence-electron chi connectivity index (χ1n) is 9.26. The van der Waals surface area contributed by atoms with Crippen LogP contribution < -0.4 is 4.74 Å². The molecule has 0 atom stereocenters. The summed E-state index contributed by atoms with van der Waals surface area (Å²) in [6, 6.07) is 27.0. The maximum Gasteiger partial charge on any atom is 0.307 e. The molecular weight excluding hydrogens is 364 g/mol. The molecule has 4 aromatic rings. The number of aliphatic carboxylic acids is 1. The fourth-order valence-corrected chi connectivity index (χ4v) is 3.40. The van der Waals surface area contributed by atoms with Crippen molar-refractivity contribution in [3.63, 3.8) is 0 Å². The summed E-state index contributed by atoms with van der Waals surface area (Å²) in [5.41, 5.74) is 4.74. The van der Waals surface area contributed by atoms with E-state index < -0.39 is 5.97 Å². The minimum absolute atomic E-state index is 0.127. The molecule has 0 saturated heterocycles. The van der Waals surface area contributed by atoms with Crippen molar-refractivity contribution >= 4 is 5.97 Å². The van der Waals surface area contributed by atoms with Gasteiger partial charge in [-0.2, -0.15) is 5.10 Å². The maximum atomic E-state index is 11.7. The van der Waals surface area contributed by atoms with E-state index in [9.17, 15) is 9.90 Å². The molecule has 29 heavy (non-hydrogen) atoms. The molecule has 0 spiro atoms. The number of nitrogens with zero attached hydrogens (tertiary/aromatic N) is 2. The number of ether oxygens (including phenoxy) is 1. The molecule has 0 unspecified atom stereocenters. The van der Waals surface area contributed by atoms with Gasteiger partial charge in [0.2, 0.25) is 0 Å². The van der Waals surface area contributed by atoms with E-state index in [1.165, 1.54) is 0 Å². The lowest BCUT2D eigenvalue weighted by Gasteiger charge is -2.10. The summed E-state index contributed by atoms with van der Waals surface area (Å²) in [5.74, 6) is -0.160. The molecule has 5 nitrogen and oxygen atoms in total. The van der Waals surface area contributed by atoms with Crippen LogP contribution in [0, 0.1) is 0 Å². The summed E-state index contributed by atoms with van der Waals surface area (Å²) >= 11 is 0. The van der Waals surface area contributed by atoms with Crippen LogP contribution in [0.25, 0.3) is 28.2 Å². The number of methoxy groups -OCH3 is 1. The maximum absolute atomic E-state index is 11.7. The van der Waals surface area contributed by atoms with Gasteiger partial charge >= 0.3 is 5.97 Å². The largest absolute Gasteiger partial charge is 0.497 e. The van der Waals surface area contributed by atoms with E-state index in [-0.39, 0.29) is 6.42 Å². The molecule has 5 heteroatoms. The number of aromatic nitrogens is 2. The zero-order valence-corrected chi connectivity index (χ0v) is 15.9. The number of carboxylic acids is 1. The van der Waals surface area contributed by atoms with Crippen LogP contribution in [0.15, 0.2) is 84.9 Å². The molecule has 0 aliphatic heterocycles. The second-order valence-electron chi connectivity index (χ2n) is 6.59. The number of hydrogen-bond acceptors (Lipinski definition) is 3. The number of rotatable bonds is 6. The first-order valence-corrected chi connectivity index (χ1v) is 9.26. The van der Waals surface area contributed by atoms with Crippen LogP contribution in [-0.4, -0.2) is 28.0 Å². The van der Waals surface area contributed by atoms with E-state index in [2.05, 4.69) is 0 Å². The Morgan fingerprint density at radius 3 is 2.10 bits per heavy atom. The first-order chi connectivity index (χ1) is 14.2. The number of carbonyl (C=O) groups is 1. The van der Waals surface area contributed by atoms with Gasteiger partial charge in [0.15, 0.2) is 0 Å². The summed E-state index contributed by atoms with van der Waals surface area (Å²) in [5, 5.41) is 14.5. The average molecular weight is 384 g/mol. The predicted molar refractivity (Wildman–Crippen MR) is 112 cm³/mol. The third kappa shape index (κ3) is 3.75. The third-order valence-corrected chi connectivity index (χ3v) is 4.72. The molecule has 1 heterocycles. The van der Waals surface area contributed by atoms with Gasteiger partial charge in [-0.1, -0.05) is 48.5 Å². The van der Waals surface area contributed by atoms with Gasteiger partial charge in [-0.15, -0.1) is 0 Å². The van der Waals surface area contributed by atoms with Gasteiger partial charge < -0.3 is 9.84 Å². The SMILES string of the molecule is COc1ccc(-c2c(CC(=O)O)c(-c3ccccc3)nn2-c2ccccc2)cc1. The second kappa shape index (κ2) is 8.02. The minimum Gasteiger partial charge on any atom is -0.497 e. The van der Waals surface area contributed by atoms with Crippen molar-refractivity contribution in [3.05, 3.63) is 90.5 Å². The molecule has 0 fully saturated rings. The molecular formula is C24H20N2O3. The molecule has 1 aromatic heterocycles. The lowest BCUT2D eigenvalue weighted by molar-refractivity contribution is -0.136. The minimum atomic E-state index is -0.899. The highest BCUT2D eigenvalue weighted by molar-refractivity contribution is 5.82. The third-order valence-electron chi connectivity index (χ3n) is 4.72. The average Bonchev–Trinajstić information content (AvgIpc) is 3.13. The fraction of sp³-hybridized carbons (Fsp3) is 0.0833. The van der Waals surface area contributed by atoms with Gasteiger partial charge in [0, 0.05) is 16.7 Å². The van der Waals surface area contributed by atoms with Crippen LogP contribution in [-0.2, 0) is 11.2 Å². The van der Waals surface area contributed by atoms with Gasteiger partial charge in [0.05, 0.1) is 30.6 Å². The molecule has 144 valence electrons. The first kappa shape index (κ1) is 18.5. The predicted octanol–water partition coefficient (Wildman–Crippen LogP) is 4.84. The van der Waals surface area contributed by atoms with Crippen LogP contribution in [0.5, 0.6) is 5.75 Å². The number of carboxylic acid groups (broad SMARTS) is 1. The van der Waals surface area contributed by atoms with Crippen LogP contribution >= 0.6 is 0 Å². The molecule has 0 amide bonds. The van der Waals surface area contributed by atoms with Crippen molar-refractivity contribution in [3.8, 4) is 34.0 Å². The summed E-state index contributed by atoms with van der Waals surface area (Å²) in [6.07, 6.45) is -0.127. The monoisotopic (exact) mass is 384 g/mol. The Labute approximate surface area is 168 Å². The van der Waals surface area contributed by atoms with E-state index in [0.29, 0.717) is 11.3 Å². The lowest BCUT2D eigenvalue weighted by Crippen LogP contribution is -2.04. The van der Waals surface area contributed by atoms with Crippen molar-refractivity contribution in [2.75, 3.05) is 7.11 Å². The van der Waals surface area contributed by atoms with Crippen LogP contribution in [0.1, 0.15) is 5.56 Å². The van der Waals surface area contributed by atoms with E-state index in [0.717, 1.165) is 28.3 Å². The zero-order valence-electron chi connectivity index (χ0n) is 15.9. The Morgan fingerprint density at radius 1 is 0.897 bits per heavy atom. The molecule has 0 aliphatic rings. The van der Waals surface area contributed by atoms with Crippen molar-refractivity contribution in [2.45, 2.75) is 6.42 Å². The summed E-state index contributed by atoms with van der Waals surface area (Å²) in [6.45, 7) is 0. The quantitative estimate of drug-likeness (QED) is 0.517. The topological polar surface area (TPSA) is 64.3 Å². The molecule has 0 aliphatic carbocycles. The normalized spacial score (nSPS) is 10.7. The molecule has 1 N–H and O–H groups in total. The highest BCUT2D eigenvalue weighted by atomic mass is 16.5. The molecule has 4 rings (SSSR count). The van der Waals surface area contributed by atoms with Crippen LogP contribution in [0.2, 0.25) is 0 Å². The Morgan fingerprint density at radius 2 is 1.52 bits per heavy atom. The number of hydrogen-bond donors (Lipinski definition) is 1. The molecule has 0 radical (unpaired) electrons. The van der Waals surface area contributed by atoms with Crippen LogP contribution in [0.4, 0.5) is 0 Å². The van der Waals surface area contributed by atoms with Gasteiger partial charge in [-0.3, -0.25) is 4.79 Å². The standard InChI is InChI=1S/C24H20N2O3/c1-29-20-14-12-18(13-15-20)24-21(16-22(27)28)23(17-8-4-2-5-9-17)25-26(24)19-10-6-3-7-11-19/h2-15H,16H2,1H3,(H,27,28). The number of benzene rings is 3. The van der Waals surface area contributed by atoms with E-state index in [1.54, 1.807) is 7.11 Å².